The molecular weight excluding hydrogens is 682 g/mol. The van der Waals surface area contributed by atoms with Crippen LogP contribution in [0.2, 0.25) is 0 Å². The lowest BCUT2D eigenvalue weighted by Crippen LogP contribution is -3.14. The maximum atomic E-state index is 11.4. The summed E-state index contributed by atoms with van der Waals surface area (Å²) in [7, 11) is -21.2. The summed E-state index contributed by atoms with van der Waals surface area (Å²) >= 11 is 0. The standard InChI is InChI=1S/C26H59NO13Si4.ClH/c1-5-7-8-9-10-11-12-13-14-15-16-17-18-19-20-21-22-27(6-2)23-41(29,30)38-43(33,34)40-44(35,36)39-42(31,32)24-37-26(28)25(3)4;/h29-36H,3,5-24H2,1-2,4H3;1H. The highest BCUT2D eigenvalue weighted by molar-refractivity contribution is 6.76. The molecule has 0 rings (SSSR count). The van der Waals surface area contributed by atoms with E-state index in [-0.39, 0.29) is 24.1 Å². The second-order valence-electron chi connectivity index (χ2n) is 11.6. The first kappa shape index (κ1) is 47.0. The van der Waals surface area contributed by atoms with Gasteiger partial charge in [-0.2, -0.15) is 0 Å². The first-order valence-corrected chi connectivity index (χ1v) is 23.4. The van der Waals surface area contributed by atoms with E-state index in [1.807, 2.05) is 6.92 Å². The van der Waals surface area contributed by atoms with Gasteiger partial charge in [0, 0.05) is 5.57 Å². The summed E-state index contributed by atoms with van der Waals surface area (Å²) in [5.74, 6) is -1.01. The summed E-state index contributed by atoms with van der Waals surface area (Å²) in [5, 5.41) is 0. The molecule has 19 heteroatoms. The number of rotatable bonds is 29. The molecule has 0 radical (unpaired) electrons. The zero-order chi connectivity index (χ0) is 33.7. The van der Waals surface area contributed by atoms with Crippen molar-refractivity contribution < 1.29 is 77.5 Å². The number of hydrogen-bond acceptors (Lipinski definition) is 13. The van der Waals surface area contributed by atoms with E-state index >= 15 is 0 Å². The minimum absolute atomic E-state index is 0. The largest absolute Gasteiger partial charge is 1.00 e. The van der Waals surface area contributed by atoms with Gasteiger partial charge in [-0.15, -0.1) is 0 Å². The van der Waals surface area contributed by atoms with Gasteiger partial charge in [0.15, 0.2) is 6.23 Å². The number of halogens is 1. The monoisotopic (exact) mass is 741 g/mol. The molecule has 0 saturated heterocycles. The Bertz CT molecular complexity index is 798. The summed E-state index contributed by atoms with van der Waals surface area (Å²) in [6, 6.07) is 0. The van der Waals surface area contributed by atoms with Crippen LogP contribution >= 0.6 is 0 Å². The Morgan fingerprint density at radius 1 is 0.622 bits per heavy atom. The molecule has 0 aromatic rings. The highest BCUT2D eigenvalue weighted by Crippen LogP contribution is 2.16. The van der Waals surface area contributed by atoms with Crippen LogP contribution in [0.25, 0.3) is 0 Å². The molecule has 0 aromatic heterocycles. The van der Waals surface area contributed by atoms with E-state index in [0.29, 0.717) is 13.1 Å². The summed E-state index contributed by atoms with van der Waals surface area (Å²) in [6.07, 6.45) is 18.3. The first-order valence-electron chi connectivity index (χ1n) is 16.0. The molecule has 0 fully saturated rings. The predicted molar refractivity (Wildman–Crippen MR) is 171 cm³/mol. The van der Waals surface area contributed by atoms with E-state index < -0.39 is 47.9 Å². The van der Waals surface area contributed by atoms with E-state index in [0.717, 1.165) is 30.6 Å². The number of esters is 1. The van der Waals surface area contributed by atoms with Gasteiger partial charge in [0.25, 0.3) is 0 Å². The van der Waals surface area contributed by atoms with Crippen LogP contribution in [0.15, 0.2) is 12.2 Å². The first-order chi connectivity index (χ1) is 20.4. The van der Waals surface area contributed by atoms with Crippen molar-refractivity contribution in [3.05, 3.63) is 12.2 Å². The van der Waals surface area contributed by atoms with Crippen LogP contribution < -0.4 is 17.3 Å². The van der Waals surface area contributed by atoms with Crippen molar-refractivity contribution in [2.24, 2.45) is 0 Å². The zero-order valence-electron chi connectivity index (χ0n) is 27.3. The van der Waals surface area contributed by atoms with Gasteiger partial charge in [0.1, 0.15) is 6.17 Å². The summed E-state index contributed by atoms with van der Waals surface area (Å²) in [5.41, 5.74) is -0.0710. The average molecular weight is 743 g/mol. The Hall–Kier alpha value is -0.112. The van der Waals surface area contributed by atoms with Crippen LogP contribution in [0.1, 0.15) is 124 Å². The molecule has 0 saturated carbocycles. The fourth-order valence-corrected chi connectivity index (χ4v) is 12.4. The van der Waals surface area contributed by atoms with Crippen molar-refractivity contribution >= 4 is 41.7 Å². The number of quaternary nitrogens is 1. The Balaban J connectivity index is 0. The van der Waals surface area contributed by atoms with Crippen molar-refractivity contribution in [2.75, 3.05) is 25.5 Å². The van der Waals surface area contributed by atoms with E-state index in [1.54, 1.807) is 0 Å². The molecule has 45 heavy (non-hydrogen) atoms. The van der Waals surface area contributed by atoms with Crippen LogP contribution in [0.5, 0.6) is 0 Å². The second-order valence-corrected chi connectivity index (χ2v) is 19.8. The van der Waals surface area contributed by atoms with Gasteiger partial charge in [-0.05, 0) is 26.7 Å². The van der Waals surface area contributed by atoms with Crippen molar-refractivity contribution in [2.45, 2.75) is 124 Å². The van der Waals surface area contributed by atoms with E-state index in [2.05, 4.69) is 30.6 Å². The Morgan fingerprint density at radius 2 is 1.00 bits per heavy atom. The van der Waals surface area contributed by atoms with Crippen LogP contribution in [-0.4, -0.2) is 106 Å². The molecule has 270 valence electrons. The fraction of sp³-hybridized carbons (Fsp3) is 0.885. The highest BCUT2D eigenvalue weighted by Gasteiger charge is 2.60. The summed E-state index contributed by atoms with van der Waals surface area (Å²) in [4.78, 5) is 92.3. The van der Waals surface area contributed by atoms with E-state index in [1.165, 1.54) is 84.0 Å². The van der Waals surface area contributed by atoms with Gasteiger partial charge >= 0.3 is 41.7 Å². The molecule has 14 nitrogen and oxygen atoms in total. The van der Waals surface area contributed by atoms with Crippen LogP contribution in [0, 0.1) is 0 Å². The minimum atomic E-state index is -5.70. The summed E-state index contributed by atoms with van der Waals surface area (Å²) in [6.45, 7) is 9.74. The van der Waals surface area contributed by atoms with Crippen LogP contribution in [-0.2, 0) is 21.9 Å². The normalized spacial score (nSPS) is 13.4. The number of hydrogen-bond donors (Lipinski definition) is 9. The lowest BCUT2D eigenvalue weighted by molar-refractivity contribution is -0.890. The lowest BCUT2D eigenvalue weighted by atomic mass is 10.0. The van der Waals surface area contributed by atoms with Gasteiger partial charge in [0.2, 0.25) is 0 Å². The molecule has 0 heterocycles. The maximum absolute atomic E-state index is 11.4. The molecule has 0 amide bonds. The number of carbonyl (C=O) groups excluding carboxylic acids is 1. The number of nitrogens with one attached hydrogen (secondary N) is 1. The third-order valence-electron chi connectivity index (χ3n) is 6.96. The SMILES string of the molecule is C=C(C)C(=O)OC[Si](O)(O)O[Si](O)(O)O[Si](O)(O)O[Si](O)(O)C[NH+](CC)CCCCCCCCCCCCCCCCCC.[Cl-]. The fourth-order valence-electron chi connectivity index (χ4n) is 4.63. The van der Waals surface area contributed by atoms with Crippen molar-refractivity contribution in [1.82, 2.24) is 0 Å². The third kappa shape index (κ3) is 27.5. The predicted octanol–water partition coefficient (Wildman–Crippen LogP) is -2.91. The molecule has 1 atom stereocenters. The number of ether oxygens (including phenoxy) is 1. The van der Waals surface area contributed by atoms with Crippen molar-refractivity contribution in [1.29, 1.82) is 0 Å². The quantitative estimate of drug-likeness (QED) is 0.0163. The maximum Gasteiger partial charge on any atom is 0.661 e. The topological polar surface area (TPSA) is 220 Å². The van der Waals surface area contributed by atoms with Crippen molar-refractivity contribution in [3.63, 3.8) is 0 Å². The molecule has 1 unspecified atom stereocenters. The smallest absolute Gasteiger partial charge is 0.661 e. The molecule has 9 N–H and O–H groups in total. The second kappa shape index (κ2) is 24.9. The molecule has 0 aliphatic heterocycles. The third-order valence-corrected chi connectivity index (χ3v) is 15.3. The van der Waals surface area contributed by atoms with Crippen molar-refractivity contribution in [3.8, 4) is 0 Å². The molecule has 0 spiro atoms. The van der Waals surface area contributed by atoms with Gasteiger partial charge < -0.3 is 72.8 Å². The molecule has 0 aromatic carbocycles. The minimum Gasteiger partial charge on any atom is -1.00 e. The van der Waals surface area contributed by atoms with Gasteiger partial charge in [-0.1, -0.05) is 103 Å². The van der Waals surface area contributed by atoms with Crippen LogP contribution in [0.4, 0.5) is 0 Å². The molecule has 0 aliphatic carbocycles. The highest BCUT2D eigenvalue weighted by atomic mass is 35.5. The summed E-state index contributed by atoms with van der Waals surface area (Å²) < 4.78 is 17.7. The lowest BCUT2D eigenvalue weighted by Gasteiger charge is -2.31. The van der Waals surface area contributed by atoms with Gasteiger partial charge in [0.05, 0.1) is 13.1 Å². The Kier molecular flexibility index (Phi) is 26.1. The van der Waals surface area contributed by atoms with E-state index in [4.69, 9.17) is 0 Å². The van der Waals surface area contributed by atoms with E-state index in [9.17, 15) is 43.2 Å². The van der Waals surface area contributed by atoms with Crippen LogP contribution in [0.3, 0.4) is 0 Å². The molecular formula is C26H60ClNO13Si4. The number of carbonyl (C=O) groups is 1. The molecule has 0 aliphatic rings. The average Bonchev–Trinajstić information content (AvgIpc) is 2.88. The van der Waals surface area contributed by atoms with Gasteiger partial charge in [-0.25, -0.2) is 4.79 Å². The Labute approximate surface area is 279 Å². The Morgan fingerprint density at radius 3 is 1.38 bits per heavy atom. The number of unbranched alkanes of at least 4 members (excludes halogenated alkanes) is 15. The van der Waals surface area contributed by atoms with Gasteiger partial charge in [-0.3, -0.25) is 0 Å². The zero-order valence-corrected chi connectivity index (χ0v) is 32.1. The molecule has 0 bridgehead atoms.